The molecule has 1 aliphatic heterocycles. The summed E-state index contributed by atoms with van der Waals surface area (Å²) in [5, 5.41) is 0. The van der Waals surface area contributed by atoms with Crippen LogP contribution in [0, 0.1) is 11.7 Å². The molecule has 128 valence electrons. The van der Waals surface area contributed by atoms with Gasteiger partial charge in [-0.3, -0.25) is 4.98 Å². The summed E-state index contributed by atoms with van der Waals surface area (Å²) in [6, 6.07) is 1.02. The molecule has 0 N–H and O–H groups in total. The summed E-state index contributed by atoms with van der Waals surface area (Å²) in [7, 11) is -1.77. The summed E-state index contributed by atoms with van der Waals surface area (Å²) in [5.74, 6) is -0.251. The van der Waals surface area contributed by atoms with Gasteiger partial charge in [-0.2, -0.15) is 4.31 Å². The van der Waals surface area contributed by atoms with Gasteiger partial charge in [-0.05, 0) is 31.9 Å². The van der Waals surface area contributed by atoms with E-state index in [1.165, 1.54) is 10.5 Å². The molecule has 2 fully saturated rings. The van der Waals surface area contributed by atoms with Crippen molar-refractivity contribution >= 4 is 10.0 Å². The third-order valence-electron chi connectivity index (χ3n) is 4.23. The lowest BCUT2D eigenvalue weighted by atomic mass is 10.2. The van der Waals surface area contributed by atoms with E-state index >= 15 is 0 Å². The molecule has 0 spiro atoms. The predicted molar refractivity (Wildman–Crippen MR) is 82.9 cm³/mol. The van der Waals surface area contributed by atoms with Gasteiger partial charge in [0, 0.05) is 32.4 Å². The van der Waals surface area contributed by atoms with E-state index in [0.717, 1.165) is 31.6 Å². The number of morpholine rings is 1. The molecule has 0 radical (unpaired) electrons. The second-order valence-electron chi connectivity index (χ2n) is 6.36. The number of ether oxygens (including phenoxy) is 1. The normalized spacial score (nSPS) is 23.3. The van der Waals surface area contributed by atoms with Gasteiger partial charge in [0.2, 0.25) is 10.0 Å². The van der Waals surface area contributed by atoms with E-state index in [2.05, 4.69) is 9.88 Å². The van der Waals surface area contributed by atoms with Crippen LogP contribution in [0.1, 0.15) is 12.8 Å². The van der Waals surface area contributed by atoms with Gasteiger partial charge in [0.15, 0.2) is 0 Å². The molecular weight excluding hydrogens is 321 g/mol. The highest BCUT2D eigenvalue weighted by molar-refractivity contribution is 7.89. The van der Waals surface area contributed by atoms with Crippen LogP contribution in [0.2, 0.25) is 0 Å². The molecule has 3 rings (SSSR count). The van der Waals surface area contributed by atoms with E-state index in [0.29, 0.717) is 32.2 Å². The third kappa shape index (κ3) is 4.26. The summed E-state index contributed by atoms with van der Waals surface area (Å²) < 4.78 is 46.2. The van der Waals surface area contributed by atoms with Crippen LogP contribution < -0.4 is 0 Å². The lowest BCUT2D eigenvalue weighted by molar-refractivity contribution is -0.0268. The Hall–Kier alpha value is -1.09. The Labute approximate surface area is 136 Å². The zero-order valence-corrected chi connectivity index (χ0v) is 14.0. The first-order chi connectivity index (χ1) is 10.9. The summed E-state index contributed by atoms with van der Waals surface area (Å²) in [6.45, 7) is 2.89. The lowest BCUT2D eigenvalue weighted by Gasteiger charge is -2.33. The van der Waals surface area contributed by atoms with Crippen molar-refractivity contribution in [2.75, 3.05) is 39.8 Å². The van der Waals surface area contributed by atoms with E-state index < -0.39 is 15.8 Å². The molecule has 0 bridgehead atoms. The van der Waals surface area contributed by atoms with Crippen LogP contribution in [0.4, 0.5) is 4.39 Å². The Morgan fingerprint density at radius 3 is 2.83 bits per heavy atom. The Morgan fingerprint density at radius 2 is 2.17 bits per heavy atom. The fraction of sp³-hybridized carbons (Fsp3) is 0.667. The highest BCUT2D eigenvalue weighted by Gasteiger charge is 2.34. The summed E-state index contributed by atoms with van der Waals surface area (Å²) in [5.41, 5.74) is 0. The number of hydrogen-bond donors (Lipinski definition) is 0. The van der Waals surface area contributed by atoms with Crippen LogP contribution in [0.5, 0.6) is 0 Å². The highest BCUT2D eigenvalue weighted by Crippen LogP contribution is 2.32. The summed E-state index contributed by atoms with van der Waals surface area (Å²) in [4.78, 5) is 5.70. The first-order valence-electron chi connectivity index (χ1n) is 7.86. The second kappa shape index (κ2) is 6.80. The van der Waals surface area contributed by atoms with Crippen LogP contribution in [0.3, 0.4) is 0 Å². The smallest absolute Gasteiger partial charge is 0.244 e. The minimum Gasteiger partial charge on any atom is -0.374 e. The zero-order chi connectivity index (χ0) is 16.4. The van der Waals surface area contributed by atoms with Crippen molar-refractivity contribution in [3.63, 3.8) is 0 Å². The maximum Gasteiger partial charge on any atom is 0.244 e. The third-order valence-corrected chi connectivity index (χ3v) is 6.02. The Kier molecular flexibility index (Phi) is 4.96. The SMILES string of the molecule is CN1CCOC(CN(CC2CC2)S(=O)(=O)c2cncc(F)c2)C1. The number of hydrogen-bond acceptors (Lipinski definition) is 5. The minimum absolute atomic E-state index is 0.0951. The number of aromatic nitrogens is 1. The van der Waals surface area contributed by atoms with Crippen LogP contribution >= 0.6 is 0 Å². The molecule has 2 heterocycles. The Balaban J connectivity index is 1.79. The number of halogens is 1. The molecule has 0 amide bonds. The van der Waals surface area contributed by atoms with E-state index in [4.69, 9.17) is 4.74 Å². The molecule has 6 nitrogen and oxygen atoms in total. The first kappa shape index (κ1) is 16.8. The largest absolute Gasteiger partial charge is 0.374 e. The fourth-order valence-electron chi connectivity index (χ4n) is 2.75. The van der Waals surface area contributed by atoms with Crippen molar-refractivity contribution in [2.24, 2.45) is 5.92 Å². The van der Waals surface area contributed by atoms with Crippen molar-refractivity contribution in [1.82, 2.24) is 14.2 Å². The van der Waals surface area contributed by atoms with Crippen LogP contribution in [-0.4, -0.2) is 68.5 Å². The molecule has 1 saturated carbocycles. The van der Waals surface area contributed by atoms with Gasteiger partial charge in [0.1, 0.15) is 10.7 Å². The van der Waals surface area contributed by atoms with Gasteiger partial charge < -0.3 is 9.64 Å². The number of rotatable bonds is 6. The molecule has 1 aromatic rings. The molecule has 0 aromatic carbocycles. The van der Waals surface area contributed by atoms with Crippen molar-refractivity contribution in [1.29, 1.82) is 0 Å². The van der Waals surface area contributed by atoms with Crippen LogP contribution in [0.15, 0.2) is 23.4 Å². The number of likely N-dealkylation sites (N-methyl/N-ethyl adjacent to an activating group) is 1. The standard InChI is InChI=1S/C15H22FN3O3S/c1-18-4-5-22-14(10-18)11-19(9-12-2-3-12)23(20,21)15-6-13(16)7-17-8-15/h6-8,12,14H,2-5,9-11H2,1H3. The number of nitrogens with zero attached hydrogens (tertiary/aromatic N) is 3. The van der Waals surface area contributed by atoms with Crippen LogP contribution in [-0.2, 0) is 14.8 Å². The average Bonchev–Trinajstić information content (AvgIpc) is 3.31. The maximum absolute atomic E-state index is 13.4. The van der Waals surface area contributed by atoms with Crippen LogP contribution in [0.25, 0.3) is 0 Å². The first-order valence-corrected chi connectivity index (χ1v) is 9.30. The van der Waals surface area contributed by atoms with Gasteiger partial charge in [-0.15, -0.1) is 0 Å². The molecule has 1 atom stereocenters. The summed E-state index contributed by atoms with van der Waals surface area (Å²) in [6.07, 6.45) is 4.12. The van der Waals surface area contributed by atoms with E-state index in [1.807, 2.05) is 7.05 Å². The Bertz CT molecular complexity index is 651. The van der Waals surface area contributed by atoms with Crippen molar-refractivity contribution in [2.45, 2.75) is 23.8 Å². The van der Waals surface area contributed by atoms with Crippen molar-refractivity contribution in [3.05, 3.63) is 24.3 Å². The van der Waals surface area contributed by atoms with E-state index in [-0.39, 0.29) is 11.0 Å². The topological polar surface area (TPSA) is 62.7 Å². The van der Waals surface area contributed by atoms with Crippen molar-refractivity contribution in [3.8, 4) is 0 Å². The molecular formula is C15H22FN3O3S. The lowest BCUT2D eigenvalue weighted by Crippen LogP contribution is -2.48. The quantitative estimate of drug-likeness (QED) is 0.770. The number of pyridine rings is 1. The fourth-order valence-corrected chi connectivity index (χ4v) is 4.27. The summed E-state index contributed by atoms with van der Waals surface area (Å²) >= 11 is 0. The van der Waals surface area contributed by atoms with E-state index in [9.17, 15) is 12.8 Å². The zero-order valence-electron chi connectivity index (χ0n) is 13.2. The minimum atomic E-state index is -3.76. The second-order valence-corrected chi connectivity index (χ2v) is 8.30. The monoisotopic (exact) mass is 343 g/mol. The maximum atomic E-state index is 13.4. The van der Waals surface area contributed by atoms with Gasteiger partial charge in [-0.1, -0.05) is 0 Å². The molecule has 1 aliphatic carbocycles. The number of sulfonamides is 1. The molecule has 1 unspecified atom stereocenters. The average molecular weight is 343 g/mol. The molecule has 23 heavy (non-hydrogen) atoms. The molecule has 2 aliphatic rings. The van der Waals surface area contributed by atoms with Gasteiger partial charge in [0.05, 0.1) is 18.9 Å². The van der Waals surface area contributed by atoms with Gasteiger partial charge >= 0.3 is 0 Å². The van der Waals surface area contributed by atoms with Gasteiger partial charge in [-0.25, -0.2) is 12.8 Å². The molecule has 1 saturated heterocycles. The predicted octanol–water partition coefficient (Wildman–Crippen LogP) is 0.952. The highest BCUT2D eigenvalue weighted by atomic mass is 32.2. The molecule has 1 aromatic heterocycles. The van der Waals surface area contributed by atoms with Crippen molar-refractivity contribution < 1.29 is 17.5 Å². The van der Waals surface area contributed by atoms with Gasteiger partial charge in [0.25, 0.3) is 0 Å². The Morgan fingerprint density at radius 1 is 1.39 bits per heavy atom. The van der Waals surface area contributed by atoms with E-state index in [1.54, 1.807) is 0 Å². The molecule has 8 heteroatoms.